The Kier molecular flexibility index (Phi) is 8.54. The van der Waals surface area contributed by atoms with Crippen LogP contribution in [0.1, 0.15) is 43.0 Å². The lowest BCUT2D eigenvalue weighted by molar-refractivity contribution is 0.0265. The molecule has 0 aliphatic carbocycles. The van der Waals surface area contributed by atoms with Gasteiger partial charge in [0, 0.05) is 36.9 Å². The van der Waals surface area contributed by atoms with Crippen LogP contribution >= 0.6 is 0 Å². The van der Waals surface area contributed by atoms with Crippen molar-refractivity contribution in [3.05, 3.63) is 65.1 Å². The summed E-state index contributed by atoms with van der Waals surface area (Å²) >= 11 is 0. The number of fused-ring (bicyclic) bond motifs is 1. The van der Waals surface area contributed by atoms with Gasteiger partial charge in [-0.15, -0.1) is 0 Å². The van der Waals surface area contributed by atoms with Gasteiger partial charge in [-0.1, -0.05) is 0 Å². The van der Waals surface area contributed by atoms with Gasteiger partial charge in [0.2, 0.25) is 0 Å². The monoisotopic (exact) mass is 520 g/mol. The van der Waals surface area contributed by atoms with E-state index >= 15 is 4.39 Å². The van der Waals surface area contributed by atoms with Gasteiger partial charge in [-0.25, -0.2) is 17.6 Å². The van der Waals surface area contributed by atoms with Gasteiger partial charge in [0.15, 0.2) is 17.5 Å². The maximum atomic E-state index is 15.7. The van der Waals surface area contributed by atoms with E-state index in [1.165, 1.54) is 0 Å². The Bertz CT molecular complexity index is 1210. The predicted molar refractivity (Wildman–Crippen MR) is 133 cm³/mol. The number of methoxy groups -OCH3 is 1. The molecule has 37 heavy (non-hydrogen) atoms. The van der Waals surface area contributed by atoms with Crippen molar-refractivity contribution in [2.75, 3.05) is 40.0 Å². The number of rotatable bonds is 10. The number of alkyl halides is 1. The van der Waals surface area contributed by atoms with Crippen LogP contribution in [0.4, 0.5) is 17.6 Å². The average Bonchev–Trinajstić information content (AvgIpc) is 2.90. The smallest absolute Gasteiger partial charge is 0.194 e. The van der Waals surface area contributed by atoms with Crippen LogP contribution < -0.4 is 9.47 Å². The minimum Gasteiger partial charge on any atom is -0.497 e. The van der Waals surface area contributed by atoms with E-state index in [9.17, 15) is 18.3 Å². The number of aryl methyl sites for hydroxylation is 1. The molecule has 1 atom stereocenters. The molecule has 0 spiro atoms. The normalized spacial score (nSPS) is 16.6. The van der Waals surface area contributed by atoms with Crippen LogP contribution in [-0.2, 0) is 0 Å². The van der Waals surface area contributed by atoms with E-state index in [-0.39, 0.29) is 30.8 Å². The second-order valence-electron chi connectivity index (χ2n) is 9.79. The molecule has 200 valence electrons. The van der Waals surface area contributed by atoms with E-state index in [4.69, 9.17) is 9.47 Å². The quantitative estimate of drug-likeness (QED) is 0.266. The molecule has 0 unspecified atom stereocenters. The molecule has 0 saturated carbocycles. The van der Waals surface area contributed by atoms with Gasteiger partial charge in [0.25, 0.3) is 0 Å². The van der Waals surface area contributed by atoms with E-state index in [1.54, 1.807) is 19.4 Å². The Labute approximate surface area is 214 Å². The van der Waals surface area contributed by atoms with Gasteiger partial charge in [-0.3, -0.25) is 9.88 Å². The van der Waals surface area contributed by atoms with Crippen molar-refractivity contribution in [3.8, 4) is 11.5 Å². The summed E-state index contributed by atoms with van der Waals surface area (Å²) in [6.45, 7) is 3.88. The van der Waals surface area contributed by atoms with Gasteiger partial charge >= 0.3 is 0 Å². The van der Waals surface area contributed by atoms with Crippen molar-refractivity contribution in [2.45, 2.75) is 38.8 Å². The molecule has 0 radical (unpaired) electrons. The van der Waals surface area contributed by atoms with Crippen LogP contribution in [0.3, 0.4) is 0 Å². The third kappa shape index (κ3) is 6.15. The molecule has 1 aliphatic heterocycles. The van der Waals surface area contributed by atoms with Crippen LogP contribution in [0.25, 0.3) is 10.9 Å². The van der Waals surface area contributed by atoms with Crippen molar-refractivity contribution in [1.29, 1.82) is 0 Å². The highest BCUT2D eigenvalue weighted by Gasteiger charge is 2.35. The Hall–Kier alpha value is -2.91. The molecule has 1 aliphatic rings. The number of nitrogens with zero attached hydrogens (tertiary/aromatic N) is 2. The van der Waals surface area contributed by atoms with Gasteiger partial charge in [-0.05, 0) is 80.4 Å². The molecule has 3 aromatic rings. The number of aliphatic hydroxyl groups is 1. The summed E-state index contributed by atoms with van der Waals surface area (Å²) in [5, 5.41) is 10.9. The number of aliphatic hydroxyl groups excluding tert-OH is 1. The molecule has 5 nitrogen and oxygen atoms in total. The highest BCUT2D eigenvalue weighted by molar-refractivity contribution is 5.84. The summed E-state index contributed by atoms with van der Waals surface area (Å²) in [5.74, 6) is -3.52. The Morgan fingerprint density at radius 3 is 2.43 bits per heavy atom. The number of ether oxygens (including phenoxy) is 2. The molecule has 2 aromatic carbocycles. The largest absolute Gasteiger partial charge is 0.497 e. The third-order valence-electron chi connectivity index (χ3n) is 7.44. The molecule has 1 N–H and O–H groups in total. The summed E-state index contributed by atoms with van der Waals surface area (Å²) in [6.07, 6.45) is 2.69. The van der Waals surface area contributed by atoms with Crippen molar-refractivity contribution in [1.82, 2.24) is 9.88 Å². The number of likely N-dealkylation sites (tertiary alicyclic amines) is 1. The zero-order valence-corrected chi connectivity index (χ0v) is 21.1. The number of halogens is 4. The second-order valence-corrected chi connectivity index (χ2v) is 9.79. The maximum absolute atomic E-state index is 15.7. The SMILES string of the molecule is COc1ccc2ncc(C)c([C@@H](F)CCC3(CO)CCN(CCOc4cc(F)c(F)c(F)c4)CC3)c2c1. The van der Waals surface area contributed by atoms with E-state index in [1.807, 2.05) is 19.1 Å². The predicted octanol–water partition coefficient (Wildman–Crippen LogP) is 5.91. The first-order valence-corrected chi connectivity index (χ1v) is 12.4. The van der Waals surface area contributed by atoms with E-state index in [0.717, 1.165) is 23.1 Å². The van der Waals surface area contributed by atoms with Crippen LogP contribution in [-0.4, -0.2) is 54.9 Å². The number of aromatic nitrogens is 1. The molecule has 2 heterocycles. The third-order valence-corrected chi connectivity index (χ3v) is 7.44. The minimum absolute atomic E-state index is 0.0257. The molecule has 1 fully saturated rings. The van der Waals surface area contributed by atoms with Crippen LogP contribution in [0, 0.1) is 29.8 Å². The Morgan fingerprint density at radius 2 is 1.78 bits per heavy atom. The second kappa shape index (κ2) is 11.6. The highest BCUT2D eigenvalue weighted by atomic mass is 19.2. The topological polar surface area (TPSA) is 54.8 Å². The first kappa shape index (κ1) is 27.1. The zero-order valence-electron chi connectivity index (χ0n) is 21.1. The molecule has 0 bridgehead atoms. The summed E-state index contributed by atoms with van der Waals surface area (Å²) in [5.41, 5.74) is 1.73. The molecule has 9 heteroatoms. The lowest BCUT2D eigenvalue weighted by Crippen LogP contribution is -2.43. The first-order chi connectivity index (χ1) is 17.7. The summed E-state index contributed by atoms with van der Waals surface area (Å²) in [4.78, 5) is 6.54. The number of hydrogen-bond acceptors (Lipinski definition) is 5. The number of piperidine rings is 1. The minimum atomic E-state index is -1.52. The van der Waals surface area contributed by atoms with Gasteiger partial charge in [0.05, 0.1) is 12.6 Å². The fraction of sp³-hybridized carbons (Fsp3) is 0.464. The van der Waals surface area contributed by atoms with Crippen molar-refractivity contribution in [3.63, 3.8) is 0 Å². The van der Waals surface area contributed by atoms with Crippen LogP contribution in [0.2, 0.25) is 0 Å². The Morgan fingerprint density at radius 1 is 1.08 bits per heavy atom. The lowest BCUT2D eigenvalue weighted by Gasteiger charge is -2.41. The molecule has 0 amide bonds. The van der Waals surface area contributed by atoms with Gasteiger partial charge in [0.1, 0.15) is 24.3 Å². The lowest BCUT2D eigenvalue weighted by atomic mass is 9.74. The average molecular weight is 521 g/mol. The van der Waals surface area contributed by atoms with E-state index in [2.05, 4.69) is 9.88 Å². The molecule has 4 rings (SSSR count). The zero-order chi connectivity index (χ0) is 26.6. The fourth-order valence-electron chi connectivity index (χ4n) is 5.06. The van der Waals surface area contributed by atoms with Crippen molar-refractivity contribution >= 4 is 10.9 Å². The van der Waals surface area contributed by atoms with E-state index < -0.39 is 23.6 Å². The Balaban J connectivity index is 1.32. The van der Waals surface area contributed by atoms with Crippen molar-refractivity contribution < 1.29 is 32.1 Å². The van der Waals surface area contributed by atoms with Gasteiger partial charge < -0.3 is 14.6 Å². The van der Waals surface area contributed by atoms with Crippen LogP contribution in [0.15, 0.2) is 36.5 Å². The summed E-state index contributed by atoms with van der Waals surface area (Å²) in [7, 11) is 1.57. The van der Waals surface area contributed by atoms with Crippen LogP contribution in [0.5, 0.6) is 11.5 Å². The fourth-order valence-corrected chi connectivity index (χ4v) is 5.06. The van der Waals surface area contributed by atoms with Gasteiger partial charge in [-0.2, -0.15) is 0 Å². The highest BCUT2D eigenvalue weighted by Crippen LogP contribution is 2.41. The molecular formula is C28H32F4N2O3. The van der Waals surface area contributed by atoms with Crippen molar-refractivity contribution in [2.24, 2.45) is 5.41 Å². The first-order valence-electron chi connectivity index (χ1n) is 12.4. The van der Waals surface area contributed by atoms with E-state index in [0.29, 0.717) is 55.7 Å². The number of hydrogen-bond donors (Lipinski definition) is 1. The standard InChI is InChI=1S/C28H32F4N2O3/c1-18-16-33-25-4-3-19(36-2)13-21(25)26(18)22(29)5-6-28(17-35)7-9-34(10-8-28)11-12-37-20-14-23(30)27(32)24(31)15-20/h3-4,13-16,22,35H,5-12,17H2,1-2H3/t22-/m0/s1. The maximum Gasteiger partial charge on any atom is 0.194 e. The number of pyridine rings is 1. The summed E-state index contributed by atoms with van der Waals surface area (Å²) < 4.78 is 66.2. The summed E-state index contributed by atoms with van der Waals surface area (Å²) in [6, 6.07) is 7.08. The molecule has 1 saturated heterocycles. The molecule has 1 aromatic heterocycles. The molecular weight excluding hydrogens is 488 g/mol. The number of benzene rings is 2.